The number of aromatic amines is 1. The lowest BCUT2D eigenvalue weighted by Gasteiger charge is -2.22. The number of aliphatic hydroxyl groups excluding tert-OH is 2. The second-order valence-corrected chi connectivity index (χ2v) is 9.12. The number of nitrogens with zero attached hydrogens (tertiary/aromatic N) is 2. The van der Waals surface area contributed by atoms with E-state index in [1.807, 2.05) is 36.4 Å². The number of aliphatic hydroxyl groups is 2. The molecule has 1 aromatic carbocycles. The van der Waals surface area contributed by atoms with E-state index in [0.717, 1.165) is 4.57 Å². The molecule has 1 saturated heterocycles. The van der Waals surface area contributed by atoms with Crippen molar-refractivity contribution < 1.29 is 24.6 Å². The van der Waals surface area contributed by atoms with Crippen molar-refractivity contribution in [3.8, 4) is 0 Å². The predicted molar refractivity (Wildman–Crippen MR) is 121 cm³/mol. The maximum Gasteiger partial charge on any atom is 0.330 e. The standard InChI is InChI=1S/C20H24IN3O8/c1-10(2)18(13-4-3-12(21)5-14(13)24(29)30)31-9-11-7-23(20(28)22-19(11)27)17-6-15(26)16(8-25)32-17/h3-5,7,10,15-18,25-26H,6,8-9H2,1-2H3,(H,22,27,28)/t15?,16-,17-,18+/m0/s1. The highest BCUT2D eigenvalue weighted by atomic mass is 127. The normalized spacial score (nSPS) is 21.8. The summed E-state index contributed by atoms with van der Waals surface area (Å²) in [7, 11) is 0. The summed E-state index contributed by atoms with van der Waals surface area (Å²) in [5.74, 6) is -0.141. The van der Waals surface area contributed by atoms with Gasteiger partial charge in [-0.15, -0.1) is 0 Å². The molecule has 1 aliphatic rings. The molecular formula is C20H24IN3O8. The molecule has 174 valence electrons. The molecule has 0 aliphatic carbocycles. The number of benzene rings is 1. The fourth-order valence-electron chi connectivity index (χ4n) is 3.63. The van der Waals surface area contributed by atoms with E-state index in [1.54, 1.807) is 12.1 Å². The molecule has 0 bridgehead atoms. The third-order valence-electron chi connectivity index (χ3n) is 5.26. The summed E-state index contributed by atoms with van der Waals surface area (Å²) in [5, 5.41) is 30.7. The van der Waals surface area contributed by atoms with Crippen LogP contribution >= 0.6 is 22.6 Å². The van der Waals surface area contributed by atoms with Gasteiger partial charge in [-0.1, -0.05) is 13.8 Å². The maximum atomic E-state index is 12.3. The number of rotatable bonds is 8. The quantitative estimate of drug-likeness (QED) is 0.249. The van der Waals surface area contributed by atoms with E-state index < -0.39 is 47.3 Å². The van der Waals surface area contributed by atoms with Crippen LogP contribution in [0.3, 0.4) is 0 Å². The van der Waals surface area contributed by atoms with E-state index in [0.29, 0.717) is 9.13 Å². The zero-order chi connectivity index (χ0) is 23.6. The summed E-state index contributed by atoms with van der Waals surface area (Å²) in [4.78, 5) is 37.9. The second-order valence-electron chi connectivity index (χ2n) is 7.87. The monoisotopic (exact) mass is 561 g/mol. The SMILES string of the molecule is CC(C)[C@@H](OCc1cn([C@@H]2CC(O)[C@H](CO)O2)c(=O)[nH]c1=O)c1ccc(I)cc1[N+](=O)[O-]. The smallest absolute Gasteiger partial charge is 0.330 e. The van der Waals surface area contributed by atoms with Crippen LogP contribution in [0.15, 0.2) is 34.0 Å². The Balaban J connectivity index is 1.88. The van der Waals surface area contributed by atoms with E-state index >= 15 is 0 Å². The summed E-state index contributed by atoms with van der Waals surface area (Å²) >= 11 is 1.99. The van der Waals surface area contributed by atoms with Gasteiger partial charge in [-0.05, 0) is 40.6 Å². The molecule has 1 aromatic heterocycles. The molecule has 32 heavy (non-hydrogen) atoms. The molecule has 0 spiro atoms. The van der Waals surface area contributed by atoms with Crippen molar-refractivity contribution in [1.29, 1.82) is 0 Å². The third-order valence-corrected chi connectivity index (χ3v) is 5.93. The van der Waals surface area contributed by atoms with Crippen LogP contribution in [0.25, 0.3) is 0 Å². The molecule has 2 heterocycles. The molecule has 0 saturated carbocycles. The van der Waals surface area contributed by atoms with Gasteiger partial charge in [0.05, 0.1) is 41.5 Å². The van der Waals surface area contributed by atoms with Gasteiger partial charge in [0.1, 0.15) is 12.3 Å². The van der Waals surface area contributed by atoms with Crippen molar-refractivity contribution in [3.05, 3.63) is 70.0 Å². The Labute approximate surface area is 196 Å². The number of hydrogen-bond acceptors (Lipinski definition) is 8. The fraction of sp³-hybridized carbons (Fsp3) is 0.500. The Morgan fingerprint density at radius 2 is 2.12 bits per heavy atom. The van der Waals surface area contributed by atoms with E-state index in [1.165, 1.54) is 12.3 Å². The number of nitro groups is 1. The fourth-order valence-corrected chi connectivity index (χ4v) is 4.11. The minimum Gasteiger partial charge on any atom is -0.394 e. The molecule has 0 amide bonds. The molecule has 12 heteroatoms. The van der Waals surface area contributed by atoms with Gasteiger partial charge >= 0.3 is 5.69 Å². The van der Waals surface area contributed by atoms with Crippen molar-refractivity contribution in [2.75, 3.05) is 6.61 Å². The summed E-state index contributed by atoms with van der Waals surface area (Å²) in [6.07, 6.45) is -1.95. The number of nitro benzene ring substituents is 1. The molecule has 1 fully saturated rings. The highest BCUT2D eigenvalue weighted by Gasteiger charge is 2.35. The van der Waals surface area contributed by atoms with Gasteiger partial charge < -0.3 is 19.7 Å². The van der Waals surface area contributed by atoms with Crippen molar-refractivity contribution >= 4 is 28.3 Å². The van der Waals surface area contributed by atoms with Gasteiger partial charge in [-0.3, -0.25) is 24.5 Å². The first-order chi connectivity index (χ1) is 15.1. The first-order valence-corrected chi connectivity index (χ1v) is 11.0. The van der Waals surface area contributed by atoms with Crippen molar-refractivity contribution in [3.63, 3.8) is 0 Å². The van der Waals surface area contributed by atoms with Gasteiger partial charge in [0.15, 0.2) is 0 Å². The second kappa shape index (κ2) is 10.2. The largest absolute Gasteiger partial charge is 0.394 e. The highest BCUT2D eigenvalue weighted by molar-refractivity contribution is 14.1. The van der Waals surface area contributed by atoms with E-state index in [4.69, 9.17) is 9.47 Å². The molecular weight excluding hydrogens is 537 g/mol. The highest BCUT2D eigenvalue weighted by Crippen LogP contribution is 2.34. The van der Waals surface area contributed by atoms with Crippen LogP contribution in [0.1, 0.15) is 43.7 Å². The minimum absolute atomic E-state index is 0.0704. The Morgan fingerprint density at radius 3 is 2.72 bits per heavy atom. The van der Waals surface area contributed by atoms with Crippen LogP contribution < -0.4 is 11.2 Å². The number of hydrogen-bond donors (Lipinski definition) is 3. The molecule has 3 rings (SSSR count). The van der Waals surface area contributed by atoms with Crippen molar-refractivity contribution in [1.82, 2.24) is 9.55 Å². The van der Waals surface area contributed by atoms with Crippen LogP contribution in [0.5, 0.6) is 0 Å². The van der Waals surface area contributed by atoms with E-state index in [9.17, 15) is 29.9 Å². The molecule has 0 radical (unpaired) electrons. The molecule has 3 N–H and O–H groups in total. The zero-order valence-electron chi connectivity index (χ0n) is 17.4. The first-order valence-electron chi connectivity index (χ1n) is 9.96. The number of aromatic nitrogens is 2. The average molecular weight is 561 g/mol. The number of H-pyrrole nitrogens is 1. The van der Waals surface area contributed by atoms with Crippen molar-refractivity contribution in [2.24, 2.45) is 5.92 Å². The van der Waals surface area contributed by atoms with Gasteiger partial charge in [0, 0.05) is 22.3 Å². The van der Waals surface area contributed by atoms with Gasteiger partial charge in [0.2, 0.25) is 0 Å². The zero-order valence-corrected chi connectivity index (χ0v) is 19.6. The van der Waals surface area contributed by atoms with Crippen LogP contribution in [0.4, 0.5) is 5.69 Å². The Bertz CT molecular complexity index is 1100. The summed E-state index contributed by atoms with van der Waals surface area (Å²) < 4.78 is 13.3. The number of ether oxygens (including phenoxy) is 2. The Kier molecular flexibility index (Phi) is 7.82. The van der Waals surface area contributed by atoms with Crippen LogP contribution in [0, 0.1) is 19.6 Å². The Morgan fingerprint density at radius 1 is 1.41 bits per heavy atom. The van der Waals surface area contributed by atoms with Crippen LogP contribution in [0.2, 0.25) is 0 Å². The van der Waals surface area contributed by atoms with E-state index in [-0.39, 0.29) is 30.2 Å². The lowest BCUT2D eigenvalue weighted by Crippen LogP contribution is -2.34. The molecule has 2 aromatic rings. The third kappa shape index (κ3) is 5.26. The maximum absolute atomic E-state index is 12.3. The summed E-state index contributed by atoms with van der Waals surface area (Å²) in [6, 6.07) is 4.84. The molecule has 1 unspecified atom stereocenters. The summed E-state index contributed by atoms with van der Waals surface area (Å²) in [6.45, 7) is 3.08. The minimum atomic E-state index is -0.949. The number of nitrogens with one attached hydrogen (secondary N) is 1. The lowest BCUT2D eigenvalue weighted by atomic mass is 9.97. The van der Waals surface area contributed by atoms with E-state index in [2.05, 4.69) is 4.98 Å². The summed E-state index contributed by atoms with van der Waals surface area (Å²) in [5.41, 5.74) is -0.929. The van der Waals surface area contributed by atoms with Gasteiger partial charge in [-0.25, -0.2) is 4.79 Å². The first kappa shape index (κ1) is 24.5. The molecule has 11 nitrogen and oxygen atoms in total. The molecule has 4 atom stereocenters. The molecule has 1 aliphatic heterocycles. The predicted octanol–water partition coefficient (Wildman–Crippen LogP) is 1.60. The Hall–Kier alpha value is -2.13. The number of halogens is 1. The average Bonchev–Trinajstić information content (AvgIpc) is 3.10. The van der Waals surface area contributed by atoms with Crippen LogP contribution in [-0.2, 0) is 16.1 Å². The van der Waals surface area contributed by atoms with Gasteiger partial charge in [0.25, 0.3) is 11.2 Å². The van der Waals surface area contributed by atoms with Gasteiger partial charge in [-0.2, -0.15) is 0 Å². The lowest BCUT2D eigenvalue weighted by molar-refractivity contribution is -0.386. The van der Waals surface area contributed by atoms with Crippen molar-refractivity contribution in [2.45, 2.75) is 51.4 Å². The van der Waals surface area contributed by atoms with Crippen LogP contribution in [-0.4, -0.2) is 43.5 Å². The topological polar surface area (TPSA) is 157 Å².